The fourth-order valence-corrected chi connectivity index (χ4v) is 4.18. The van der Waals surface area contributed by atoms with Crippen LogP contribution in [-0.2, 0) is 11.3 Å². The van der Waals surface area contributed by atoms with Gasteiger partial charge in [-0.05, 0) is 30.6 Å². The highest BCUT2D eigenvalue weighted by Crippen LogP contribution is 2.40. The number of hydrogen-bond donors (Lipinski definition) is 2. The highest BCUT2D eigenvalue weighted by Gasteiger charge is 2.33. The van der Waals surface area contributed by atoms with E-state index in [1.54, 1.807) is 18.4 Å². The number of nitrogens with zero attached hydrogens (tertiary/aromatic N) is 2. The van der Waals surface area contributed by atoms with Gasteiger partial charge >= 0.3 is 0 Å². The van der Waals surface area contributed by atoms with Crippen LogP contribution in [0, 0.1) is 5.41 Å². The van der Waals surface area contributed by atoms with Crippen LogP contribution < -0.4 is 10.6 Å². The van der Waals surface area contributed by atoms with Crippen molar-refractivity contribution < 1.29 is 4.74 Å². The zero-order valence-corrected chi connectivity index (χ0v) is 19.1. The van der Waals surface area contributed by atoms with Gasteiger partial charge in [0.15, 0.2) is 5.96 Å². The Morgan fingerprint density at radius 3 is 2.64 bits per heavy atom. The van der Waals surface area contributed by atoms with E-state index in [0.717, 1.165) is 37.1 Å². The molecule has 1 aliphatic carbocycles. The van der Waals surface area contributed by atoms with Crippen LogP contribution in [0.25, 0.3) is 0 Å². The van der Waals surface area contributed by atoms with Gasteiger partial charge in [0.25, 0.3) is 0 Å². The fourth-order valence-electron chi connectivity index (χ4n) is 3.28. The average molecular weight is 480 g/mol. The maximum atomic E-state index is 5.31. The first-order chi connectivity index (χ1) is 11.6. The second-order valence-corrected chi connectivity index (χ2v) is 7.99. The van der Waals surface area contributed by atoms with E-state index < -0.39 is 0 Å². The molecule has 2 N–H and O–H groups in total. The first-order valence-electron chi connectivity index (χ1n) is 8.96. The van der Waals surface area contributed by atoms with E-state index in [1.807, 2.05) is 7.05 Å². The van der Waals surface area contributed by atoms with Gasteiger partial charge in [-0.1, -0.05) is 26.7 Å². The van der Waals surface area contributed by atoms with Crippen LogP contribution in [0.1, 0.15) is 62.6 Å². The molecule has 1 aromatic rings. The predicted molar refractivity (Wildman–Crippen MR) is 117 cm³/mol. The molecule has 144 valence electrons. The van der Waals surface area contributed by atoms with Crippen LogP contribution in [-0.4, -0.2) is 38.3 Å². The second kappa shape index (κ2) is 11.3. The third-order valence-corrected chi connectivity index (χ3v) is 5.79. The summed E-state index contributed by atoms with van der Waals surface area (Å²) in [6.07, 6.45) is 6.34. The van der Waals surface area contributed by atoms with Crippen molar-refractivity contribution in [3.05, 3.63) is 16.1 Å². The zero-order chi connectivity index (χ0) is 17.4. The fraction of sp³-hybridized carbons (Fsp3) is 0.778. The first kappa shape index (κ1) is 22.6. The normalized spacial score (nSPS) is 16.8. The third-order valence-electron chi connectivity index (χ3n) is 4.92. The quantitative estimate of drug-likeness (QED) is 0.334. The van der Waals surface area contributed by atoms with E-state index >= 15 is 0 Å². The van der Waals surface area contributed by atoms with Crippen molar-refractivity contribution >= 4 is 41.3 Å². The molecule has 1 aliphatic rings. The Labute approximate surface area is 173 Å². The minimum absolute atomic E-state index is 0. The Hall–Kier alpha value is -0.410. The number of aromatic nitrogens is 1. The van der Waals surface area contributed by atoms with Crippen LogP contribution >= 0.6 is 35.3 Å². The molecule has 25 heavy (non-hydrogen) atoms. The van der Waals surface area contributed by atoms with Gasteiger partial charge in [0.1, 0.15) is 5.01 Å². The lowest BCUT2D eigenvalue weighted by Crippen LogP contribution is -2.43. The summed E-state index contributed by atoms with van der Waals surface area (Å²) in [6, 6.07) is 0. The van der Waals surface area contributed by atoms with Crippen molar-refractivity contribution in [2.75, 3.05) is 27.3 Å². The minimum Gasteiger partial charge on any atom is -0.385 e. The van der Waals surface area contributed by atoms with Crippen molar-refractivity contribution in [1.82, 2.24) is 15.6 Å². The van der Waals surface area contributed by atoms with Crippen LogP contribution in [0.15, 0.2) is 10.4 Å². The highest BCUT2D eigenvalue weighted by molar-refractivity contribution is 14.0. The molecule has 0 unspecified atom stereocenters. The maximum Gasteiger partial charge on any atom is 0.191 e. The smallest absolute Gasteiger partial charge is 0.191 e. The van der Waals surface area contributed by atoms with Crippen molar-refractivity contribution in [1.29, 1.82) is 0 Å². The van der Waals surface area contributed by atoms with Crippen molar-refractivity contribution in [2.45, 2.75) is 58.4 Å². The lowest BCUT2D eigenvalue weighted by Gasteiger charge is -2.29. The number of halogens is 1. The van der Waals surface area contributed by atoms with Gasteiger partial charge in [0.2, 0.25) is 0 Å². The predicted octanol–water partition coefficient (Wildman–Crippen LogP) is 4.15. The van der Waals surface area contributed by atoms with E-state index in [0.29, 0.717) is 11.3 Å². The molecule has 0 atom stereocenters. The summed E-state index contributed by atoms with van der Waals surface area (Å²) >= 11 is 1.71. The minimum atomic E-state index is 0. The molecule has 5 nitrogen and oxygen atoms in total. The molecule has 0 bridgehead atoms. The van der Waals surface area contributed by atoms with Gasteiger partial charge in [-0.15, -0.1) is 35.3 Å². The molecule has 2 rings (SSSR count). The van der Waals surface area contributed by atoms with Crippen molar-refractivity contribution in [2.24, 2.45) is 10.4 Å². The van der Waals surface area contributed by atoms with Gasteiger partial charge in [0, 0.05) is 32.7 Å². The largest absolute Gasteiger partial charge is 0.385 e. The molecule has 0 amide bonds. The Morgan fingerprint density at radius 2 is 2.08 bits per heavy atom. The van der Waals surface area contributed by atoms with Gasteiger partial charge in [-0.2, -0.15) is 0 Å². The number of thiazole rings is 1. The van der Waals surface area contributed by atoms with E-state index in [4.69, 9.17) is 4.74 Å². The molecule has 7 heteroatoms. The van der Waals surface area contributed by atoms with Crippen LogP contribution in [0.2, 0.25) is 0 Å². The Balaban J connectivity index is 0.00000312. The Morgan fingerprint density at radius 1 is 1.36 bits per heavy atom. The molecule has 1 fully saturated rings. The molecular formula is C18H33IN4OS. The maximum absolute atomic E-state index is 5.31. The SMILES string of the molecule is CN=C(NCc1nc(C(C)C)cs1)NCC1(CCOC)CCCC1.I. The molecule has 0 saturated heterocycles. The monoisotopic (exact) mass is 480 g/mol. The van der Waals surface area contributed by atoms with Gasteiger partial charge in [-0.3, -0.25) is 4.99 Å². The molecule has 0 aromatic carbocycles. The molecule has 1 saturated carbocycles. The number of guanidine groups is 1. The summed E-state index contributed by atoms with van der Waals surface area (Å²) in [7, 11) is 3.61. The topological polar surface area (TPSA) is 58.5 Å². The average Bonchev–Trinajstić information content (AvgIpc) is 3.23. The van der Waals surface area contributed by atoms with Crippen LogP contribution in [0.5, 0.6) is 0 Å². The van der Waals surface area contributed by atoms with E-state index in [9.17, 15) is 0 Å². The number of nitrogens with one attached hydrogen (secondary N) is 2. The van der Waals surface area contributed by atoms with E-state index in [1.165, 1.54) is 31.4 Å². The standard InChI is InChI=1S/C18H32N4OS.HI/c1-14(2)15-12-24-16(22-15)11-20-17(19-3)21-13-18(9-10-23-4)7-5-6-8-18;/h12,14H,5-11,13H2,1-4H3,(H2,19,20,21);1H. The first-order valence-corrected chi connectivity index (χ1v) is 9.84. The van der Waals surface area contributed by atoms with Gasteiger partial charge < -0.3 is 15.4 Å². The number of aliphatic imine (C=N–C) groups is 1. The molecule has 0 spiro atoms. The Kier molecular flexibility index (Phi) is 10.3. The summed E-state index contributed by atoms with van der Waals surface area (Å²) in [6.45, 7) is 6.87. The second-order valence-electron chi connectivity index (χ2n) is 7.05. The molecular weight excluding hydrogens is 447 g/mol. The highest BCUT2D eigenvalue weighted by atomic mass is 127. The lowest BCUT2D eigenvalue weighted by atomic mass is 9.83. The molecule has 1 heterocycles. The molecule has 0 radical (unpaired) electrons. The van der Waals surface area contributed by atoms with E-state index in [2.05, 4.69) is 39.8 Å². The summed E-state index contributed by atoms with van der Waals surface area (Å²) in [5.41, 5.74) is 1.53. The Bertz CT molecular complexity index is 527. The summed E-state index contributed by atoms with van der Waals surface area (Å²) in [4.78, 5) is 9.02. The summed E-state index contributed by atoms with van der Waals surface area (Å²) in [5.74, 6) is 1.34. The van der Waals surface area contributed by atoms with Crippen molar-refractivity contribution in [3.63, 3.8) is 0 Å². The number of ether oxygens (including phenoxy) is 1. The molecule has 0 aliphatic heterocycles. The van der Waals surface area contributed by atoms with Gasteiger partial charge in [0.05, 0.1) is 12.2 Å². The number of rotatable bonds is 8. The lowest BCUT2D eigenvalue weighted by molar-refractivity contribution is 0.138. The number of methoxy groups -OCH3 is 1. The van der Waals surface area contributed by atoms with Crippen LogP contribution in [0.4, 0.5) is 0 Å². The molecule has 1 aromatic heterocycles. The third kappa shape index (κ3) is 7.02. The van der Waals surface area contributed by atoms with Crippen LogP contribution in [0.3, 0.4) is 0 Å². The van der Waals surface area contributed by atoms with Crippen molar-refractivity contribution in [3.8, 4) is 0 Å². The summed E-state index contributed by atoms with van der Waals surface area (Å²) in [5, 5.41) is 10.2. The van der Waals surface area contributed by atoms with Gasteiger partial charge in [-0.25, -0.2) is 4.98 Å². The summed E-state index contributed by atoms with van der Waals surface area (Å²) < 4.78 is 5.31. The van der Waals surface area contributed by atoms with E-state index in [-0.39, 0.29) is 24.0 Å². The zero-order valence-electron chi connectivity index (χ0n) is 15.9. The number of hydrogen-bond acceptors (Lipinski definition) is 4.